The summed E-state index contributed by atoms with van der Waals surface area (Å²) in [6.07, 6.45) is -0.851. The van der Waals surface area contributed by atoms with Crippen molar-refractivity contribution in [2.24, 2.45) is 0 Å². The molecule has 1 atom stereocenters. The summed E-state index contributed by atoms with van der Waals surface area (Å²) < 4.78 is 14.7. The molecule has 0 fully saturated rings. The van der Waals surface area contributed by atoms with Crippen LogP contribution >= 0.6 is 54.8 Å². The largest absolute Gasteiger partial charge is 0.383 e. The monoisotopic (exact) mass is 398 g/mol. The van der Waals surface area contributed by atoms with Crippen molar-refractivity contribution in [1.29, 1.82) is 0 Å². The first-order valence-corrected chi connectivity index (χ1v) is 7.35. The first-order chi connectivity index (χ1) is 7.99. The van der Waals surface area contributed by atoms with E-state index in [-0.39, 0.29) is 5.02 Å². The molecule has 1 unspecified atom stereocenters. The lowest BCUT2D eigenvalue weighted by Gasteiger charge is -2.10. The Kier molecular flexibility index (Phi) is 4.26. The van der Waals surface area contributed by atoms with Crippen molar-refractivity contribution in [3.05, 3.63) is 53.8 Å². The van der Waals surface area contributed by atoms with E-state index >= 15 is 0 Å². The van der Waals surface area contributed by atoms with E-state index in [0.717, 1.165) is 13.1 Å². The van der Waals surface area contributed by atoms with Crippen molar-refractivity contribution >= 4 is 54.8 Å². The van der Waals surface area contributed by atoms with Crippen LogP contribution < -0.4 is 0 Å². The highest BCUT2D eigenvalue weighted by molar-refractivity contribution is 9.13. The SMILES string of the molecule is OC(c1cc(Br)c(Br)s1)c1ccc(F)cc1Cl. The normalized spacial score (nSPS) is 12.8. The molecule has 1 N–H and O–H groups in total. The predicted molar refractivity (Wildman–Crippen MR) is 75.2 cm³/mol. The Balaban J connectivity index is 2.39. The van der Waals surface area contributed by atoms with Gasteiger partial charge in [0.2, 0.25) is 0 Å². The third-order valence-corrected chi connectivity index (χ3v) is 5.83. The van der Waals surface area contributed by atoms with Gasteiger partial charge in [0.05, 0.1) is 3.79 Å². The summed E-state index contributed by atoms with van der Waals surface area (Å²) in [6, 6.07) is 5.77. The van der Waals surface area contributed by atoms with Gasteiger partial charge < -0.3 is 5.11 Å². The number of benzene rings is 1. The van der Waals surface area contributed by atoms with Crippen LogP contribution in [0.25, 0.3) is 0 Å². The Morgan fingerprint density at radius 3 is 2.53 bits per heavy atom. The van der Waals surface area contributed by atoms with E-state index in [1.54, 1.807) is 6.07 Å². The molecule has 2 aromatic rings. The minimum Gasteiger partial charge on any atom is -0.383 e. The Morgan fingerprint density at radius 1 is 1.29 bits per heavy atom. The second-order valence-electron chi connectivity index (χ2n) is 3.34. The van der Waals surface area contributed by atoms with Gasteiger partial charge in [-0.2, -0.15) is 0 Å². The van der Waals surface area contributed by atoms with Gasteiger partial charge in [-0.05, 0) is 50.1 Å². The van der Waals surface area contributed by atoms with Crippen LogP contribution in [0.5, 0.6) is 0 Å². The lowest BCUT2D eigenvalue weighted by Crippen LogP contribution is -1.98. The topological polar surface area (TPSA) is 20.2 Å². The fourth-order valence-electron chi connectivity index (χ4n) is 1.37. The molecule has 0 aliphatic carbocycles. The molecule has 0 spiro atoms. The maximum atomic E-state index is 12.9. The molecule has 0 bridgehead atoms. The Bertz CT molecular complexity index is 539. The number of thiophene rings is 1. The summed E-state index contributed by atoms with van der Waals surface area (Å²) in [5.74, 6) is -0.417. The van der Waals surface area contributed by atoms with Crippen LogP contribution in [-0.4, -0.2) is 5.11 Å². The molecule has 1 aromatic heterocycles. The molecular formula is C11H6Br2ClFOS. The highest BCUT2D eigenvalue weighted by atomic mass is 79.9. The Morgan fingerprint density at radius 2 is 2.00 bits per heavy atom. The molecule has 0 saturated carbocycles. The van der Waals surface area contributed by atoms with Crippen LogP contribution in [0.1, 0.15) is 16.5 Å². The van der Waals surface area contributed by atoms with Gasteiger partial charge in [0.1, 0.15) is 11.9 Å². The third-order valence-electron chi connectivity index (χ3n) is 2.19. The van der Waals surface area contributed by atoms with E-state index in [4.69, 9.17) is 11.6 Å². The van der Waals surface area contributed by atoms with Crippen molar-refractivity contribution in [3.8, 4) is 0 Å². The minimum absolute atomic E-state index is 0.221. The lowest BCUT2D eigenvalue weighted by atomic mass is 10.1. The zero-order valence-electron chi connectivity index (χ0n) is 8.25. The van der Waals surface area contributed by atoms with E-state index in [1.807, 2.05) is 0 Å². The third kappa shape index (κ3) is 2.90. The van der Waals surface area contributed by atoms with E-state index in [2.05, 4.69) is 31.9 Å². The number of hydrogen-bond acceptors (Lipinski definition) is 2. The number of hydrogen-bond donors (Lipinski definition) is 1. The maximum Gasteiger partial charge on any atom is 0.124 e. The molecule has 0 radical (unpaired) electrons. The molecule has 1 nitrogen and oxygen atoms in total. The van der Waals surface area contributed by atoms with Crippen LogP contribution in [0.15, 0.2) is 32.5 Å². The molecule has 2 rings (SSSR count). The fourth-order valence-corrected chi connectivity index (χ4v) is 3.74. The summed E-state index contributed by atoms with van der Waals surface area (Å²) in [6.45, 7) is 0. The summed E-state index contributed by atoms with van der Waals surface area (Å²) in [4.78, 5) is 0.734. The highest BCUT2D eigenvalue weighted by Gasteiger charge is 2.17. The van der Waals surface area contributed by atoms with Gasteiger partial charge in [-0.25, -0.2) is 4.39 Å². The average Bonchev–Trinajstić information content (AvgIpc) is 2.58. The van der Waals surface area contributed by atoms with Crippen molar-refractivity contribution in [2.45, 2.75) is 6.10 Å². The first kappa shape index (κ1) is 13.5. The molecular weight excluding hydrogens is 394 g/mol. The number of aliphatic hydroxyl groups is 1. The molecule has 17 heavy (non-hydrogen) atoms. The zero-order chi connectivity index (χ0) is 12.6. The summed E-state index contributed by atoms with van der Waals surface area (Å²) in [7, 11) is 0. The summed E-state index contributed by atoms with van der Waals surface area (Å²) >= 11 is 14.0. The van der Waals surface area contributed by atoms with Gasteiger partial charge in [0, 0.05) is 19.9 Å². The fraction of sp³-hybridized carbons (Fsp3) is 0.0909. The van der Waals surface area contributed by atoms with Gasteiger partial charge in [-0.3, -0.25) is 0 Å². The molecule has 1 heterocycles. The average molecular weight is 400 g/mol. The van der Waals surface area contributed by atoms with Crippen molar-refractivity contribution in [3.63, 3.8) is 0 Å². The second kappa shape index (κ2) is 5.36. The van der Waals surface area contributed by atoms with Crippen molar-refractivity contribution in [2.75, 3.05) is 0 Å². The Labute approximate surface area is 123 Å². The standard InChI is InChI=1S/C11H6Br2ClFOS/c12-7-4-9(17-11(7)13)10(16)6-2-1-5(15)3-8(6)14/h1-4,10,16H. The van der Waals surface area contributed by atoms with Crippen LogP contribution in [0.2, 0.25) is 5.02 Å². The van der Waals surface area contributed by atoms with Gasteiger partial charge >= 0.3 is 0 Å². The van der Waals surface area contributed by atoms with E-state index < -0.39 is 11.9 Å². The molecule has 0 aliphatic rings. The summed E-state index contributed by atoms with van der Waals surface area (Å²) in [5, 5.41) is 10.4. The van der Waals surface area contributed by atoms with Gasteiger partial charge in [0.25, 0.3) is 0 Å². The molecule has 90 valence electrons. The zero-order valence-corrected chi connectivity index (χ0v) is 13.0. The van der Waals surface area contributed by atoms with Crippen molar-refractivity contribution < 1.29 is 9.50 Å². The summed E-state index contributed by atoms with van der Waals surface area (Å²) in [5.41, 5.74) is 0.495. The predicted octanol–water partition coefficient (Wildman–Crippen LogP) is 5.15. The second-order valence-corrected chi connectivity index (χ2v) is 7.00. The van der Waals surface area contributed by atoms with E-state index in [1.165, 1.54) is 29.5 Å². The van der Waals surface area contributed by atoms with Crippen molar-refractivity contribution in [1.82, 2.24) is 0 Å². The molecule has 0 aliphatic heterocycles. The molecule has 0 saturated heterocycles. The molecule has 0 amide bonds. The smallest absolute Gasteiger partial charge is 0.124 e. The van der Waals surface area contributed by atoms with Crippen LogP contribution in [0.3, 0.4) is 0 Å². The number of halogens is 4. The molecule has 1 aromatic carbocycles. The van der Waals surface area contributed by atoms with E-state index in [0.29, 0.717) is 5.56 Å². The van der Waals surface area contributed by atoms with Crippen LogP contribution in [0.4, 0.5) is 4.39 Å². The molecule has 6 heteroatoms. The van der Waals surface area contributed by atoms with Crippen LogP contribution in [-0.2, 0) is 0 Å². The highest BCUT2D eigenvalue weighted by Crippen LogP contribution is 2.39. The van der Waals surface area contributed by atoms with Gasteiger partial charge in [-0.15, -0.1) is 11.3 Å². The van der Waals surface area contributed by atoms with Gasteiger partial charge in [-0.1, -0.05) is 17.7 Å². The number of rotatable bonds is 2. The van der Waals surface area contributed by atoms with Gasteiger partial charge in [0.15, 0.2) is 0 Å². The minimum atomic E-state index is -0.851. The quantitative estimate of drug-likeness (QED) is 0.739. The lowest BCUT2D eigenvalue weighted by molar-refractivity contribution is 0.224. The van der Waals surface area contributed by atoms with Crippen LogP contribution in [0, 0.1) is 5.82 Å². The first-order valence-electron chi connectivity index (χ1n) is 4.57. The number of aliphatic hydroxyl groups excluding tert-OH is 1. The maximum absolute atomic E-state index is 12.9. The Hall–Kier alpha value is 0.0600. The van der Waals surface area contributed by atoms with E-state index in [9.17, 15) is 9.50 Å².